The maximum absolute atomic E-state index is 6.03. The van der Waals surface area contributed by atoms with Crippen LogP contribution in [-0.4, -0.2) is 11.2 Å². The lowest BCUT2D eigenvalue weighted by Crippen LogP contribution is -1.94. The smallest absolute Gasteiger partial charge is 0.132 e. The second-order valence-electron chi connectivity index (χ2n) is 7.31. The van der Waals surface area contributed by atoms with Gasteiger partial charge in [0.2, 0.25) is 0 Å². The molecule has 2 nitrogen and oxygen atoms in total. The number of hydrogen-bond donors (Lipinski definition) is 0. The van der Waals surface area contributed by atoms with Crippen LogP contribution in [0.15, 0.2) is 91.0 Å². The number of benzene rings is 4. The summed E-state index contributed by atoms with van der Waals surface area (Å²) in [5.74, 6) is 1.06. The lowest BCUT2D eigenvalue weighted by molar-refractivity contribution is 0.360. The van der Waals surface area contributed by atoms with Crippen LogP contribution in [0, 0.1) is 0 Å². The van der Waals surface area contributed by atoms with Gasteiger partial charge in [-0.25, -0.2) is 0 Å². The fourth-order valence-electron chi connectivity index (χ4n) is 4.41. The highest BCUT2D eigenvalue weighted by atomic mass is 16.5. The van der Waals surface area contributed by atoms with Crippen molar-refractivity contribution in [2.45, 2.75) is 6.42 Å². The molecule has 0 fully saturated rings. The van der Waals surface area contributed by atoms with E-state index >= 15 is 0 Å². The van der Waals surface area contributed by atoms with Gasteiger partial charge in [-0.2, -0.15) is 0 Å². The van der Waals surface area contributed by atoms with E-state index in [1.807, 2.05) is 0 Å². The molecule has 1 aliphatic rings. The van der Waals surface area contributed by atoms with E-state index in [-0.39, 0.29) is 0 Å². The highest BCUT2D eigenvalue weighted by Gasteiger charge is 2.21. The average Bonchev–Trinajstić information content (AvgIpc) is 3.36. The minimum atomic E-state index is 0.778. The van der Waals surface area contributed by atoms with Crippen molar-refractivity contribution in [2.24, 2.45) is 0 Å². The number of aromatic nitrogens is 1. The number of hydrogen-bond acceptors (Lipinski definition) is 1. The van der Waals surface area contributed by atoms with Crippen LogP contribution in [0.25, 0.3) is 38.6 Å². The molecule has 0 aliphatic carbocycles. The number of fused-ring (bicyclic) bond motifs is 5. The van der Waals surface area contributed by atoms with Crippen LogP contribution in [-0.2, 0) is 6.42 Å². The fraction of sp³-hybridized carbons (Fsp3) is 0.0769. The van der Waals surface area contributed by atoms with Crippen molar-refractivity contribution in [3.05, 3.63) is 96.6 Å². The summed E-state index contributed by atoms with van der Waals surface area (Å²) in [5.41, 5.74) is 7.37. The Kier molecular flexibility index (Phi) is 3.33. The average molecular weight is 361 g/mol. The zero-order chi connectivity index (χ0) is 18.5. The third-order valence-electron chi connectivity index (χ3n) is 5.72. The Morgan fingerprint density at radius 3 is 2.25 bits per heavy atom. The van der Waals surface area contributed by atoms with Gasteiger partial charge in [-0.15, -0.1) is 0 Å². The lowest BCUT2D eigenvalue weighted by Gasteiger charge is -2.10. The van der Waals surface area contributed by atoms with Crippen LogP contribution >= 0.6 is 0 Å². The van der Waals surface area contributed by atoms with Crippen LogP contribution in [0.4, 0.5) is 0 Å². The number of para-hydroxylation sites is 1. The molecule has 0 saturated carbocycles. The summed E-state index contributed by atoms with van der Waals surface area (Å²) in [5, 5.41) is 2.49. The largest absolute Gasteiger partial charge is 0.492 e. The first-order valence-corrected chi connectivity index (χ1v) is 9.74. The second-order valence-corrected chi connectivity index (χ2v) is 7.31. The summed E-state index contributed by atoms with van der Waals surface area (Å²) in [6, 6.07) is 32.4. The summed E-state index contributed by atoms with van der Waals surface area (Å²) >= 11 is 0. The van der Waals surface area contributed by atoms with E-state index in [1.54, 1.807) is 0 Å². The van der Waals surface area contributed by atoms with Gasteiger partial charge in [0.25, 0.3) is 0 Å². The normalized spacial score (nSPS) is 13.0. The van der Waals surface area contributed by atoms with Gasteiger partial charge < -0.3 is 9.30 Å². The van der Waals surface area contributed by atoms with Crippen molar-refractivity contribution in [3.63, 3.8) is 0 Å². The highest BCUT2D eigenvalue weighted by Crippen LogP contribution is 2.41. The summed E-state index contributed by atoms with van der Waals surface area (Å²) in [6.45, 7) is 0.778. The molecule has 4 aromatic carbocycles. The monoisotopic (exact) mass is 361 g/mol. The van der Waals surface area contributed by atoms with Crippen molar-refractivity contribution in [3.8, 4) is 22.6 Å². The third-order valence-corrected chi connectivity index (χ3v) is 5.72. The summed E-state index contributed by atoms with van der Waals surface area (Å²) < 4.78 is 8.38. The fourth-order valence-corrected chi connectivity index (χ4v) is 4.41. The van der Waals surface area contributed by atoms with Crippen molar-refractivity contribution < 1.29 is 4.74 Å². The maximum Gasteiger partial charge on any atom is 0.132 e. The Bertz CT molecular complexity index is 1310. The van der Waals surface area contributed by atoms with E-state index in [1.165, 1.54) is 44.2 Å². The number of nitrogens with zero attached hydrogens (tertiary/aromatic N) is 1. The van der Waals surface area contributed by atoms with Crippen molar-refractivity contribution in [1.82, 2.24) is 4.57 Å². The minimum absolute atomic E-state index is 0.778. The van der Waals surface area contributed by atoms with Crippen molar-refractivity contribution in [1.29, 1.82) is 0 Å². The lowest BCUT2D eigenvalue weighted by atomic mass is 10.1. The van der Waals surface area contributed by atoms with Crippen LogP contribution in [0.5, 0.6) is 5.75 Å². The highest BCUT2D eigenvalue weighted by molar-refractivity contribution is 6.12. The standard InChI is InChI=1S/C26H19NO/c1-2-6-18(7-3-1)19-10-13-21(14-11-19)27-23-9-5-4-8-22(23)25-24(27)15-12-20-16-17-28-26(20)25/h1-15H,16-17H2. The first-order valence-electron chi connectivity index (χ1n) is 9.74. The molecule has 0 N–H and O–H groups in total. The summed E-state index contributed by atoms with van der Waals surface area (Å²) in [4.78, 5) is 0. The van der Waals surface area contributed by atoms with Crippen LogP contribution in [0.2, 0.25) is 0 Å². The SMILES string of the molecule is c1ccc(-c2ccc(-n3c4ccccc4c4c5c(ccc43)CCO5)cc2)cc1. The van der Waals surface area contributed by atoms with Crippen molar-refractivity contribution >= 4 is 21.8 Å². The zero-order valence-electron chi connectivity index (χ0n) is 15.4. The van der Waals surface area contributed by atoms with Gasteiger partial charge in [-0.1, -0.05) is 66.7 Å². The Labute approximate surface area is 163 Å². The van der Waals surface area contributed by atoms with Gasteiger partial charge in [0.1, 0.15) is 5.75 Å². The van der Waals surface area contributed by atoms with E-state index in [0.29, 0.717) is 0 Å². The molecule has 0 saturated heterocycles. The third kappa shape index (κ3) is 2.21. The van der Waals surface area contributed by atoms with Crippen molar-refractivity contribution in [2.75, 3.05) is 6.61 Å². The minimum Gasteiger partial charge on any atom is -0.492 e. The molecule has 0 unspecified atom stereocenters. The molecular weight excluding hydrogens is 342 g/mol. The van der Waals surface area contributed by atoms with Gasteiger partial charge >= 0.3 is 0 Å². The Balaban J connectivity index is 1.60. The molecule has 5 aromatic rings. The Morgan fingerprint density at radius 2 is 1.39 bits per heavy atom. The quantitative estimate of drug-likeness (QED) is 0.355. The molecule has 1 aliphatic heterocycles. The molecule has 2 heterocycles. The van der Waals surface area contributed by atoms with Crippen LogP contribution < -0.4 is 4.74 Å². The molecule has 2 heteroatoms. The number of ether oxygens (including phenoxy) is 1. The Hall–Kier alpha value is -3.52. The Morgan fingerprint density at radius 1 is 0.643 bits per heavy atom. The van der Waals surface area contributed by atoms with Gasteiger partial charge in [0.05, 0.1) is 23.0 Å². The molecule has 0 amide bonds. The molecule has 1 aromatic heterocycles. The van der Waals surface area contributed by atoms with Gasteiger partial charge in [0.15, 0.2) is 0 Å². The van der Waals surface area contributed by atoms with Crippen LogP contribution in [0.1, 0.15) is 5.56 Å². The first kappa shape index (κ1) is 15.5. The molecular formula is C26H19NO. The molecule has 0 atom stereocenters. The molecule has 134 valence electrons. The summed E-state index contributed by atoms with van der Waals surface area (Å²) in [7, 11) is 0. The topological polar surface area (TPSA) is 14.2 Å². The first-order chi connectivity index (χ1) is 13.9. The van der Waals surface area contributed by atoms with E-state index in [2.05, 4.69) is 95.6 Å². The van der Waals surface area contributed by atoms with E-state index in [4.69, 9.17) is 4.74 Å². The van der Waals surface area contributed by atoms with E-state index in [9.17, 15) is 0 Å². The van der Waals surface area contributed by atoms with Crippen LogP contribution in [0.3, 0.4) is 0 Å². The molecule has 6 rings (SSSR count). The van der Waals surface area contributed by atoms with E-state index < -0.39 is 0 Å². The second kappa shape index (κ2) is 6.00. The molecule has 28 heavy (non-hydrogen) atoms. The number of rotatable bonds is 2. The zero-order valence-corrected chi connectivity index (χ0v) is 15.4. The van der Waals surface area contributed by atoms with Gasteiger partial charge in [0, 0.05) is 17.5 Å². The molecule has 0 bridgehead atoms. The molecule has 0 radical (unpaired) electrons. The molecule has 0 spiro atoms. The van der Waals surface area contributed by atoms with Gasteiger partial charge in [-0.3, -0.25) is 0 Å². The van der Waals surface area contributed by atoms with E-state index in [0.717, 1.165) is 18.8 Å². The predicted octanol–water partition coefficient (Wildman–Crippen LogP) is 6.39. The maximum atomic E-state index is 6.03. The summed E-state index contributed by atoms with van der Waals surface area (Å²) in [6.07, 6.45) is 0.997. The predicted molar refractivity (Wildman–Crippen MR) is 115 cm³/mol. The van der Waals surface area contributed by atoms with Gasteiger partial charge in [-0.05, 0) is 41.0 Å².